The topological polar surface area (TPSA) is 0 Å². The summed E-state index contributed by atoms with van der Waals surface area (Å²) in [5, 5.41) is 0. The predicted molar refractivity (Wildman–Crippen MR) is 82.8 cm³/mol. The van der Waals surface area contributed by atoms with Gasteiger partial charge in [-0.2, -0.15) is 0 Å². The van der Waals surface area contributed by atoms with Crippen LogP contribution in [0.1, 0.15) is 72.6 Å². The molecule has 0 aromatic heterocycles. The molecule has 0 bridgehead atoms. The van der Waals surface area contributed by atoms with Gasteiger partial charge in [0.25, 0.3) is 0 Å². The van der Waals surface area contributed by atoms with Gasteiger partial charge in [-0.25, -0.2) is 0 Å². The van der Waals surface area contributed by atoms with Gasteiger partial charge in [-0.3, -0.25) is 0 Å². The Hall–Kier alpha value is 0.430. The molecule has 0 aliphatic carbocycles. The summed E-state index contributed by atoms with van der Waals surface area (Å²) in [6.45, 7) is 9.46. The fourth-order valence-corrected chi connectivity index (χ4v) is 8.84. The molecular weight excluding hydrogens is 211 g/mol. The summed E-state index contributed by atoms with van der Waals surface area (Å²) in [6.07, 6.45) is 16.6. The van der Waals surface area contributed by atoms with E-state index in [1.165, 1.54) is 44.9 Å². The first-order chi connectivity index (χ1) is 7.74. The molecule has 0 amide bonds. The van der Waals surface area contributed by atoms with Crippen LogP contribution < -0.4 is 0 Å². The second kappa shape index (κ2) is 10.6. The monoisotopic (exact) mass is 246 g/mol. The van der Waals surface area contributed by atoms with Crippen molar-refractivity contribution in [2.75, 3.05) is 24.6 Å². The average molecular weight is 246 g/mol. The summed E-state index contributed by atoms with van der Waals surface area (Å²) >= 11 is 0. The van der Waals surface area contributed by atoms with Crippen molar-refractivity contribution in [3.63, 3.8) is 0 Å². The first kappa shape index (κ1) is 16.4. The van der Waals surface area contributed by atoms with Gasteiger partial charge < -0.3 is 0 Å². The molecule has 0 aromatic rings. The first-order valence-electron chi connectivity index (χ1n) is 7.74. The Morgan fingerprint density at radius 2 is 1.00 bits per heavy atom. The van der Waals surface area contributed by atoms with E-state index in [1.54, 1.807) is 24.6 Å². The van der Waals surface area contributed by atoms with E-state index in [2.05, 4.69) is 27.7 Å². The Kier molecular flexibility index (Phi) is 10.9. The number of unbranched alkanes of at least 4 members (excludes halogenated alkanes) is 3. The van der Waals surface area contributed by atoms with Gasteiger partial charge in [0.15, 0.2) is 0 Å². The van der Waals surface area contributed by atoms with Crippen molar-refractivity contribution >= 4 is 7.26 Å². The van der Waals surface area contributed by atoms with Gasteiger partial charge in [-0.15, -0.1) is 0 Å². The summed E-state index contributed by atoms with van der Waals surface area (Å²) < 4.78 is 0. The van der Waals surface area contributed by atoms with Crippen LogP contribution in [0.15, 0.2) is 0 Å². The standard InChI is InChI=1S/C15H35P/c1-5-9-11-15-16(12-7-3,13-8-4)14-10-6-2/h16H,5-15H2,1-4H3. The number of rotatable bonds is 11. The Balaban J connectivity index is 4.24. The van der Waals surface area contributed by atoms with E-state index in [0.29, 0.717) is 0 Å². The second-order valence-corrected chi connectivity index (χ2v) is 10.6. The Morgan fingerprint density at radius 1 is 0.500 bits per heavy atom. The molecule has 0 fully saturated rings. The third-order valence-corrected chi connectivity index (χ3v) is 9.88. The van der Waals surface area contributed by atoms with Crippen molar-refractivity contribution in [2.45, 2.75) is 72.6 Å². The maximum absolute atomic E-state index is 2.39. The van der Waals surface area contributed by atoms with E-state index >= 15 is 0 Å². The van der Waals surface area contributed by atoms with Gasteiger partial charge in [-0.05, 0) is 0 Å². The van der Waals surface area contributed by atoms with Crippen LogP contribution in [-0.2, 0) is 0 Å². The van der Waals surface area contributed by atoms with Crippen LogP contribution in [0.4, 0.5) is 0 Å². The molecule has 0 nitrogen and oxygen atoms in total. The predicted octanol–water partition coefficient (Wildman–Crippen LogP) is 5.55. The van der Waals surface area contributed by atoms with Crippen molar-refractivity contribution in [2.24, 2.45) is 0 Å². The molecule has 0 rings (SSSR count). The molecule has 0 heterocycles. The molecule has 0 spiro atoms. The van der Waals surface area contributed by atoms with Crippen molar-refractivity contribution in [1.82, 2.24) is 0 Å². The zero-order chi connectivity index (χ0) is 12.3. The van der Waals surface area contributed by atoms with E-state index in [0.717, 1.165) is 0 Å². The maximum atomic E-state index is 2.39. The van der Waals surface area contributed by atoms with Crippen LogP contribution in [0.3, 0.4) is 0 Å². The Labute approximate surface area is 105 Å². The summed E-state index contributed by atoms with van der Waals surface area (Å²) in [7, 11) is -0.854. The van der Waals surface area contributed by atoms with Crippen molar-refractivity contribution in [3.8, 4) is 0 Å². The summed E-state index contributed by atoms with van der Waals surface area (Å²) in [5.41, 5.74) is 0. The molecule has 0 saturated carbocycles. The number of hydrogen-bond acceptors (Lipinski definition) is 0. The Morgan fingerprint density at radius 3 is 1.44 bits per heavy atom. The molecule has 0 unspecified atom stereocenters. The summed E-state index contributed by atoms with van der Waals surface area (Å²) in [6, 6.07) is 0. The molecule has 16 heavy (non-hydrogen) atoms. The SMILES string of the molecule is CCCCC[PH](CCC)(CCC)CCCC. The van der Waals surface area contributed by atoms with Crippen LogP contribution in [0, 0.1) is 0 Å². The molecule has 100 valence electrons. The van der Waals surface area contributed by atoms with E-state index in [9.17, 15) is 0 Å². The van der Waals surface area contributed by atoms with Gasteiger partial charge in [0, 0.05) is 0 Å². The molecular formula is C15H35P. The average Bonchev–Trinajstić information content (AvgIpc) is 2.27. The minimum absolute atomic E-state index is 0.854. The van der Waals surface area contributed by atoms with Gasteiger partial charge in [-0.1, -0.05) is 0 Å². The number of hydrogen-bond donors (Lipinski definition) is 0. The van der Waals surface area contributed by atoms with Crippen LogP contribution in [0.2, 0.25) is 0 Å². The van der Waals surface area contributed by atoms with E-state index < -0.39 is 7.26 Å². The van der Waals surface area contributed by atoms with Crippen LogP contribution in [0.25, 0.3) is 0 Å². The van der Waals surface area contributed by atoms with Gasteiger partial charge in [0.2, 0.25) is 0 Å². The van der Waals surface area contributed by atoms with Gasteiger partial charge in [0.05, 0.1) is 0 Å². The molecule has 0 aromatic carbocycles. The zero-order valence-electron chi connectivity index (χ0n) is 12.3. The van der Waals surface area contributed by atoms with Crippen molar-refractivity contribution in [1.29, 1.82) is 0 Å². The van der Waals surface area contributed by atoms with Crippen LogP contribution >= 0.6 is 7.26 Å². The molecule has 0 N–H and O–H groups in total. The minimum atomic E-state index is -0.854. The van der Waals surface area contributed by atoms with Gasteiger partial charge >= 0.3 is 105 Å². The van der Waals surface area contributed by atoms with Crippen LogP contribution in [-0.4, -0.2) is 24.6 Å². The van der Waals surface area contributed by atoms with E-state index in [-0.39, 0.29) is 0 Å². The van der Waals surface area contributed by atoms with Crippen LogP contribution in [0.5, 0.6) is 0 Å². The first-order valence-corrected chi connectivity index (χ1v) is 10.6. The molecule has 0 saturated heterocycles. The van der Waals surface area contributed by atoms with Crippen molar-refractivity contribution < 1.29 is 0 Å². The third kappa shape index (κ3) is 6.89. The van der Waals surface area contributed by atoms with Crippen molar-refractivity contribution in [3.05, 3.63) is 0 Å². The molecule has 0 atom stereocenters. The quantitative estimate of drug-likeness (QED) is 0.331. The van der Waals surface area contributed by atoms with E-state index in [4.69, 9.17) is 0 Å². The zero-order valence-corrected chi connectivity index (χ0v) is 13.3. The molecule has 1 heteroatoms. The van der Waals surface area contributed by atoms with Gasteiger partial charge in [0.1, 0.15) is 0 Å². The molecule has 0 radical (unpaired) electrons. The molecule has 0 aliphatic heterocycles. The summed E-state index contributed by atoms with van der Waals surface area (Å²) in [5.74, 6) is 0. The third-order valence-electron chi connectivity index (χ3n) is 3.93. The van der Waals surface area contributed by atoms with E-state index in [1.807, 2.05) is 0 Å². The molecule has 0 aliphatic rings. The fourth-order valence-electron chi connectivity index (χ4n) is 3.11. The normalized spacial score (nSPS) is 13.0. The fraction of sp³-hybridized carbons (Fsp3) is 1.00. The Bertz CT molecular complexity index is 136. The second-order valence-electron chi connectivity index (χ2n) is 5.56. The summed E-state index contributed by atoms with van der Waals surface area (Å²) in [4.78, 5) is 0.